The number of ether oxygens (including phenoxy) is 1. The van der Waals surface area contributed by atoms with Gasteiger partial charge in [0.25, 0.3) is 0 Å². The third kappa shape index (κ3) is 7.01. The molecule has 4 rings (SSSR count). The lowest BCUT2D eigenvalue weighted by Gasteiger charge is -2.11. The predicted octanol–water partition coefficient (Wildman–Crippen LogP) is 6.19. The van der Waals surface area contributed by atoms with Gasteiger partial charge in [-0.25, -0.2) is 9.67 Å². The SMILES string of the molecule is C=C(C)c1ccccc1NC(=S)N/N=C/c1ccc(-c2ncn(-c3ccc(OC(F)(F)F)cc3)n2)cc1. The summed E-state index contributed by atoms with van der Waals surface area (Å²) in [6.07, 6.45) is -1.64. The Morgan fingerprint density at radius 3 is 2.43 bits per heavy atom. The number of rotatable bonds is 7. The van der Waals surface area contributed by atoms with Crippen molar-refractivity contribution >= 4 is 34.8 Å². The molecule has 3 aromatic carbocycles. The van der Waals surface area contributed by atoms with Gasteiger partial charge in [-0.05, 0) is 60.6 Å². The van der Waals surface area contributed by atoms with Gasteiger partial charge in [0.05, 0.1) is 11.9 Å². The standard InChI is InChI=1S/C26H21F3N6OS/c1-17(2)22-5-3-4-6-23(22)32-25(37)33-31-15-18-7-9-19(10-8-18)24-30-16-35(34-24)20-11-13-21(14-12-20)36-26(27,28)29/h3-16H,1H2,2H3,(H2,32,33,37)/b31-15+. The summed E-state index contributed by atoms with van der Waals surface area (Å²) in [5.41, 5.74) is 7.63. The molecule has 0 aliphatic rings. The highest BCUT2D eigenvalue weighted by Crippen LogP contribution is 2.24. The molecule has 0 aliphatic heterocycles. The molecule has 0 spiro atoms. The average Bonchev–Trinajstić information content (AvgIpc) is 3.34. The second-order valence-corrected chi connectivity index (χ2v) is 8.23. The molecule has 37 heavy (non-hydrogen) atoms. The number of allylic oxidation sites excluding steroid dienone is 1. The summed E-state index contributed by atoms with van der Waals surface area (Å²) in [6.45, 7) is 5.90. The van der Waals surface area contributed by atoms with E-state index in [4.69, 9.17) is 12.2 Å². The van der Waals surface area contributed by atoms with Crippen LogP contribution in [0.5, 0.6) is 5.75 Å². The molecule has 1 heterocycles. The summed E-state index contributed by atoms with van der Waals surface area (Å²) < 4.78 is 42.4. The highest BCUT2D eigenvalue weighted by molar-refractivity contribution is 7.80. The third-order valence-corrected chi connectivity index (χ3v) is 5.20. The summed E-state index contributed by atoms with van der Waals surface area (Å²) in [5, 5.41) is 12.0. The number of anilines is 1. The molecule has 188 valence electrons. The number of hydrogen-bond acceptors (Lipinski definition) is 5. The minimum atomic E-state index is -4.74. The molecule has 0 bridgehead atoms. The molecule has 0 aliphatic carbocycles. The lowest BCUT2D eigenvalue weighted by Crippen LogP contribution is -2.24. The molecule has 7 nitrogen and oxygen atoms in total. The van der Waals surface area contributed by atoms with E-state index in [9.17, 15) is 13.2 Å². The van der Waals surface area contributed by atoms with E-state index >= 15 is 0 Å². The van der Waals surface area contributed by atoms with Gasteiger partial charge >= 0.3 is 6.36 Å². The van der Waals surface area contributed by atoms with Crippen molar-refractivity contribution in [1.82, 2.24) is 20.2 Å². The maximum absolute atomic E-state index is 12.3. The number of nitrogens with one attached hydrogen (secondary N) is 2. The Balaban J connectivity index is 1.35. The number of alkyl halides is 3. The Morgan fingerprint density at radius 1 is 1.05 bits per heavy atom. The summed E-state index contributed by atoms with van der Waals surface area (Å²) in [4.78, 5) is 4.28. The van der Waals surface area contributed by atoms with Crippen molar-refractivity contribution in [2.24, 2.45) is 5.10 Å². The van der Waals surface area contributed by atoms with Crippen molar-refractivity contribution < 1.29 is 17.9 Å². The van der Waals surface area contributed by atoms with E-state index in [0.29, 0.717) is 16.6 Å². The first-order valence-corrected chi connectivity index (χ1v) is 11.3. The van der Waals surface area contributed by atoms with E-state index in [2.05, 4.69) is 37.2 Å². The Hall–Kier alpha value is -4.51. The van der Waals surface area contributed by atoms with Crippen LogP contribution < -0.4 is 15.5 Å². The molecule has 0 saturated carbocycles. The van der Waals surface area contributed by atoms with E-state index in [1.807, 2.05) is 55.5 Å². The minimum Gasteiger partial charge on any atom is -0.406 e. The number of aromatic nitrogens is 3. The van der Waals surface area contributed by atoms with Crippen LogP contribution in [-0.4, -0.2) is 32.5 Å². The monoisotopic (exact) mass is 522 g/mol. The Kier molecular flexibility index (Phi) is 7.63. The molecule has 4 aromatic rings. The fourth-order valence-corrected chi connectivity index (χ4v) is 3.48. The second kappa shape index (κ2) is 11.0. The highest BCUT2D eigenvalue weighted by atomic mass is 32.1. The molecule has 0 radical (unpaired) electrons. The van der Waals surface area contributed by atoms with Crippen LogP contribution in [0.3, 0.4) is 0 Å². The van der Waals surface area contributed by atoms with E-state index < -0.39 is 6.36 Å². The third-order valence-electron chi connectivity index (χ3n) is 5.01. The molecule has 2 N–H and O–H groups in total. The van der Waals surface area contributed by atoms with Crippen LogP contribution in [0, 0.1) is 0 Å². The van der Waals surface area contributed by atoms with Crippen LogP contribution >= 0.6 is 12.2 Å². The van der Waals surface area contributed by atoms with Gasteiger partial charge in [-0.2, -0.15) is 5.10 Å². The van der Waals surface area contributed by atoms with Gasteiger partial charge in [0, 0.05) is 16.8 Å². The number of nitrogens with zero attached hydrogens (tertiary/aromatic N) is 4. The topological polar surface area (TPSA) is 76.4 Å². The van der Waals surface area contributed by atoms with E-state index in [0.717, 1.165) is 28.0 Å². The van der Waals surface area contributed by atoms with Crippen LogP contribution in [0.4, 0.5) is 18.9 Å². The molecule has 0 fully saturated rings. The zero-order chi connectivity index (χ0) is 26.4. The minimum absolute atomic E-state index is 0.309. The van der Waals surface area contributed by atoms with Crippen molar-refractivity contribution in [3.8, 4) is 22.8 Å². The highest BCUT2D eigenvalue weighted by Gasteiger charge is 2.31. The number of benzene rings is 3. The van der Waals surface area contributed by atoms with Gasteiger partial charge < -0.3 is 10.1 Å². The van der Waals surface area contributed by atoms with Gasteiger partial charge in [-0.3, -0.25) is 5.43 Å². The average molecular weight is 523 g/mol. The number of hydrazone groups is 1. The van der Waals surface area contributed by atoms with Crippen LogP contribution in [0.25, 0.3) is 22.6 Å². The quantitative estimate of drug-likeness (QED) is 0.171. The van der Waals surface area contributed by atoms with Gasteiger partial charge in [0.15, 0.2) is 10.9 Å². The summed E-state index contributed by atoms with van der Waals surface area (Å²) in [5.74, 6) is 0.148. The molecule has 0 atom stereocenters. The first-order valence-electron chi connectivity index (χ1n) is 10.9. The molecular weight excluding hydrogens is 501 g/mol. The summed E-state index contributed by atoms with van der Waals surface area (Å²) >= 11 is 5.31. The van der Waals surface area contributed by atoms with Crippen LogP contribution in [0.2, 0.25) is 0 Å². The first kappa shape index (κ1) is 25.6. The smallest absolute Gasteiger partial charge is 0.406 e. The Morgan fingerprint density at radius 2 is 1.76 bits per heavy atom. The van der Waals surface area contributed by atoms with Crippen LogP contribution in [0.1, 0.15) is 18.1 Å². The van der Waals surface area contributed by atoms with Crippen LogP contribution in [0.15, 0.2) is 90.8 Å². The van der Waals surface area contributed by atoms with Gasteiger partial charge in [0.1, 0.15) is 12.1 Å². The largest absolute Gasteiger partial charge is 0.573 e. The van der Waals surface area contributed by atoms with Crippen molar-refractivity contribution in [3.05, 3.63) is 96.8 Å². The molecular formula is C26H21F3N6OS. The lowest BCUT2D eigenvalue weighted by atomic mass is 10.1. The number of hydrogen-bond donors (Lipinski definition) is 2. The second-order valence-electron chi connectivity index (χ2n) is 7.83. The van der Waals surface area contributed by atoms with Gasteiger partial charge in [-0.15, -0.1) is 18.3 Å². The van der Waals surface area contributed by atoms with E-state index in [1.54, 1.807) is 6.21 Å². The van der Waals surface area contributed by atoms with Crippen molar-refractivity contribution in [3.63, 3.8) is 0 Å². The number of thiocarbonyl (C=S) groups is 1. The lowest BCUT2D eigenvalue weighted by molar-refractivity contribution is -0.274. The molecule has 11 heteroatoms. The molecule has 1 aromatic heterocycles. The molecule has 0 saturated heterocycles. The maximum atomic E-state index is 12.3. The predicted molar refractivity (Wildman–Crippen MR) is 142 cm³/mol. The van der Waals surface area contributed by atoms with Gasteiger partial charge in [-0.1, -0.05) is 49.0 Å². The summed E-state index contributed by atoms with van der Waals surface area (Å²) in [6, 6.07) is 20.4. The maximum Gasteiger partial charge on any atom is 0.573 e. The van der Waals surface area contributed by atoms with Crippen molar-refractivity contribution in [2.75, 3.05) is 5.32 Å². The molecule has 0 amide bonds. The van der Waals surface area contributed by atoms with E-state index in [-0.39, 0.29) is 5.75 Å². The van der Waals surface area contributed by atoms with E-state index in [1.165, 1.54) is 35.3 Å². The Bertz CT molecular complexity index is 1430. The normalized spacial score (nSPS) is 11.4. The van der Waals surface area contributed by atoms with Crippen LogP contribution in [-0.2, 0) is 0 Å². The van der Waals surface area contributed by atoms with Crippen molar-refractivity contribution in [1.29, 1.82) is 0 Å². The number of para-hydroxylation sites is 1. The zero-order valence-electron chi connectivity index (χ0n) is 19.5. The zero-order valence-corrected chi connectivity index (χ0v) is 20.3. The Labute approximate surface area is 216 Å². The summed E-state index contributed by atoms with van der Waals surface area (Å²) in [7, 11) is 0. The fraction of sp³-hybridized carbons (Fsp3) is 0.0769. The van der Waals surface area contributed by atoms with Gasteiger partial charge in [0.2, 0.25) is 0 Å². The number of halogens is 3. The van der Waals surface area contributed by atoms with Crippen molar-refractivity contribution in [2.45, 2.75) is 13.3 Å². The first-order chi connectivity index (χ1) is 17.7. The fourth-order valence-electron chi connectivity index (χ4n) is 3.32. The molecule has 0 unspecified atom stereocenters.